The number of hydrogen-bond acceptors (Lipinski definition) is 15. The van der Waals surface area contributed by atoms with Crippen molar-refractivity contribution in [2.24, 2.45) is 0 Å². The van der Waals surface area contributed by atoms with E-state index in [1.807, 2.05) is 16.0 Å². The Balaban J connectivity index is 3.09. The Kier molecular flexibility index (Phi) is 22.2. The lowest BCUT2D eigenvalue weighted by Gasteiger charge is -2.30. The zero-order chi connectivity index (χ0) is 43.4. The van der Waals surface area contributed by atoms with E-state index in [9.17, 15) is 84.1 Å². The number of carboxylic acid groups (broad SMARTS) is 2. The molecule has 0 saturated carbocycles. The van der Waals surface area contributed by atoms with Gasteiger partial charge >= 0.3 is 11.9 Å². The quantitative estimate of drug-likeness (QED) is 0.0286. The standard InChI is InChI=1S/C33H55N7O17/c1-3-4-5-6-7-8-9-12-20(44)37-22(24(45)32(53)54)29(50)36-19(15-42)27(48)39-23(25(46)33(55)56)30(51)38-21(16(2)43)28(49)35-18(14-41)26(47)34-17-11-10-13-40(57)31(17)52/h16-19,21-25,41-43,45-46,57H,3-15H2,1-2H3,(H,34,47)(H,35,49)(H,36,50)(H,37,44)(H,38,51)(H,39,48)(H,53,54)(H,55,56)/t16-,17-,18-,19-,21+,22-,23+,24-,25-/m0/s1. The fraction of sp³-hybridized carbons (Fsp3) is 0.727. The van der Waals surface area contributed by atoms with Crippen LogP contribution in [0.15, 0.2) is 0 Å². The summed E-state index contributed by atoms with van der Waals surface area (Å²) in [5.41, 5.74) is 0. The highest BCUT2D eigenvalue weighted by molar-refractivity contribution is 5.99. The summed E-state index contributed by atoms with van der Waals surface area (Å²) >= 11 is 0. The number of piperidine rings is 1. The first-order valence-corrected chi connectivity index (χ1v) is 18.3. The molecule has 324 valence electrons. The van der Waals surface area contributed by atoms with Gasteiger partial charge in [-0.1, -0.05) is 45.4 Å². The number of amides is 7. The van der Waals surface area contributed by atoms with E-state index in [4.69, 9.17) is 0 Å². The van der Waals surface area contributed by atoms with E-state index in [0.717, 1.165) is 39.0 Å². The van der Waals surface area contributed by atoms with Gasteiger partial charge in [0.15, 0.2) is 12.2 Å². The van der Waals surface area contributed by atoms with Gasteiger partial charge in [0.05, 0.1) is 19.3 Å². The van der Waals surface area contributed by atoms with Gasteiger partial charge in [-0.25, -0.2) is 14.7 Å². The number of hydrogen-bond donors (Lipinski definition) is 14. The lowest BCUT2D eigenvalue weighted by molar-refractivity contribution is -0.173. The average molecular weight is 822 g/mol. The van der Waals surface area contributed by atoms with Crippen molar-refractivity contribution >= 4 is 53.3 Å². The van der Waals surface area contributed by atoms with E-state index in [-0.39, 0.29) is 19.4 Å². The van der Waals surface area contributed by atoms with Crippen molar-refractivity contribution in [2.75, 3.05) is 19.8 Å². The minimum atomic E-state index is -2.79. The lowest BCUT2D eigenvalue weighted by atomic mass is 10.1. The number of carbonyl (C=O) groups excluding carboxylic acids is 7. The topological polar surface area (TPSA) is 391 Å². The van der Waals surface area contributed by atoms with Gasteiger partial charge < -0.3 is 67.6 Å². The second kappa shape index (κ2) is 25.3. The van der Waals surface area contributed by atoms with E-state index in [1.54, 1.807) is 5.32 Å². The minimum absolute atomic E-state index is 0.00489. The molecule has 1 aliphatic rings. The Bertz CT molecular complexity index is 1420. The van der Waals surface area contributed by atoms with Gasteiger partial charge in [-0.2, -0.15) is 0 Å². The molecule has 24 nitrogen and oxygen atoms in total. The van der Waals surface area contributed by atoms with E-state index in [0.29, 0.717) is 24.3 Å². The fourth-order valence-electron chi connectivity index (χ4n) is 5.43. The summed E-state index contributed by atoms with van der Waals surface area (Å²) < 4.78 is 0. The first-order valence-electron chi connectivity index (χ1n) is 18.3. The molecule has 0 aromatic carbocycles. The van der Waals surface area contributed by atoms with Crippen molar-refractivity contribution in [1.29, 1.82) is 0 Å². The molecule has 9 atom stereocenters. The van der Waals surface area contributed by atoms with Crippen LogP contribution in [0.5, 0.6) is 0 Å². The monoisotopic (exact) mass is 821 g/mol. The van der Waals surface area contributed by atoms with E-state index in [1.165, 1.54) is 0 Å². The molecule has 7 amide bonds. The molecule has 1 rings (SSSR count). The van der Waals surface area contributed by atoms with Crippen LogP contribution >= 0.6 is 0 Å². The molecule has 0 aromatic heterocycles. The second-order valence-electron chi connectivity index (χ2n) is 13.3. The number of unbranched alkanes of at least 4 members (excludes halogenated alkanes) is 6. The third kappa shape index (κ3) is 16.6. The molecule has 1 fully saturated rings. The molecule has 24 heteroatoms. The first kappa shape index (κ1) is 50.0. The number of carboxylic acids is 2. The highest BCUT2D eigenvalue weighted by Crippen LogP contribution is 2.11. The van der Waals surface area contributed by atoms with Crippen molar-refractivity contribution in [3.8, 4) is 0 Å². The normalized spacial score (nSPS) is 18.3. The predicted molar refractivity (Wildman–Crippen MR) is 190 cm³/mol. The Labute approximate surface area is 326 Å². The number of rotatable bonds is 26. The van der Waals surface area contributed by atoms with Crippen LogP contribution < -0.4 is 31.9 Å². The zero-order valence-corrected chi connectivity index (χ0v) is 31.6. The number of carbonyl (C=O) groups is 9. The van der Waals surface area contributed by atoms with E-state index >= 15 is 0 Å². The van der Waals surface area contributed by atoms with Crippen molar-refractivity contribution in [3.63, 3.8) is 0 Å². The second-order valence-corrected chi connectivity index (χ2v) is 13.3. The summed E-state index contributed by atoms with van der Waals surface area (Å²) in [7, 11) is 0. The molecule has 0 spiro atoms. The van der Waals surface area contributed by atoms with Crippen LogP contribution in [0, 0.1) is 0 Å². The van der Waals surface area contributed by atoms with Crippen LogP contribution in [0.3, 0.4) is 0 Å². The Morgan fingerprint density at radius 3 is 1.63 bits per heavy atom. The molecule has 57 heavy (non-hydrogen) atoms. The van der Waals surface area contributed by atoms with E-state index in [2.05, 4.69) is 17.6 Å². The Morgan fingerprint density at radius 1 is 0.667 bits per heavy atom. The maximum atomic E-state index is 13.2. The van der Waals surface area contributed by atoms with Gasteiger partial charge in [0, 0.05) is 13.0 Å². The van der Waals surface area contributed by atoms with Gasteiger partial charge in [-0.15, -0.1) is 0 Å². The SMILES string of the molecule is CCCCCCCCCC(=O)N[C@H](C(=O)N[C@@H](CO)C(=O)N[C@@H](C(=O)N[C@@H](C(=O)N[C@@H](CO)C(=O)N[C@H]1CCCN(O)C1=O)[C@H](C)O)[C@H](O)C(=O)O)[C@H](O)C(=O)O. The Morgan fingerprint density at radius 2 is 1.12 bits per heavy atom. The summed E-state index contributed by atoms with van der Waals surface area (Å²) in [5, 5.41) is 90.8. The number of aliphatic hydroxyl groups is 5. The van der Waals surface area contributed by atoms with Gasteiger partial charge in [0.25, 0.3) is 5.91 Å². The van der Waals surface area contributed by atoms with Crippen molar-refractivity contribution < 1.29 is 84.1 Å². The first-order chi connectivity index (χ1) is 26.8. The lowest BCUT2D eigenvalue weighted by Crippen LogP contribution is -2.65. The van der Waals surface area contributed by atoms with Crippen LogP contribution in [-0.2, 0) is 43.2 Å². The highest BCUT2D eigenvalue weighted by atomic mass is 16.5. The minimum Gasteiger partial charge on any atom is -0.479 e. The Hall–Kier alpha value is -5.01. The molecule has 1 heterocycles. The van der Waals surface area contributed by atoms with Crippen molar-refractivity contribution in [1.82, 2.24) is 37.0 Å². The summed E-state index contributed by atoms with van der Waals surface area (Å²) in [4.78, 5) is 113. The van der Waals surface area contributed by atoms with Crippen LogP contribution in [-0.4, -0.2) is 174 Å². The largest absolute Gasteiger partial charge is 0.479 e. The molecule has 0 unspecified atom stereocenters. The molecule has 0 radical (unpaired) electrons. The smallest absolute Gasteiger partial charge is 0.335 e. The van der Waals surface area contributed by atoms with Crippen LogP contribution in [0.4, 0.5) is 0 Å². The number of aliphatic carboxylic acids is 2. The third-order valence-corrected chi connectivity index (χ3v) is 8.75. The van der Waals surface area contributed by atoms with Gasteiger partial charge in [0.2, 0.25) is 35.4 Å². The molecule has 0 aromatic rings. The zero-order valence-electron chi connectivity index (χ0n) is 31.6. The summed E-state index contributed by atoms with van der Waals surface area (Å²) in [6, 6.07) is -11.9. The summed E-state index contributed by atoms with van der Waals surface area (Å²) in [6.45, 7) is 0.647. The predicted octanol–water partition coefficient (Wildman–Crippen LogP) is -5.70. The third-order valence-electron chi connectivity index (χ3n) is 8.75. The van der Waals surface area contributed by atoms with Crippen LogP contribution in [0.1, 0.15) is 78.1 Å². The molecule has 1 saturated heterocycles. The molecule has 0 aliphatic carbocycles. The highest BCUT2D eigenvalue weighted by Gasteiger charge is 2.40. The molecular formula is C33H55N7O17. The van der Waals surface area contributed by atoms with Gasteiger partial charge in [-0.05, 0) is 26.2 Å². The number of nitrogens with one attached hydrogen (secondary N) is 6. The van der Waals surface area contributed by atoms with Gasteiger partial charge in [0.1, 0.15) is 36.3 Å². The number of nitrogens with zero attached hydrogens (tertiary/aromatic N) is 1. The maximum Gasteiger partial charge on any atom is 0.335 e. The number of hydroxylamine groups is 2. The van der Waals surface area contributed by atoms with Crippen LogP contribution in [0.2, 0.25) is 0 Å². The fourth-order valence-corrected chi connectivity index (χ4v) is 5.43. The number of aliphatic hydroxyl groups excluding tert-OH is 5. The molecule has 0 bridgehead atoms. The van der Waals surface area contributed by atoms with Crippen LogP contribution in [0.25, 0.3) is 0 Å². The maximum absolute atomic E-state index is 13.2. The molecular weight excluding hydrogens is 766 g/mol. The summed E-state index contributed by atoms with van der Waals surface area (Å²) in [5.74, 6) is -12.9. The molecule has 14 N–H and O–H groups in total. The van der Waals surface area contributed by atoms with E-state index < -0.39 is 121 Å². The summed E-state index contributed by atoms with van der Waals surface area (Å²) in [6.07, 6.45) is -1.01. The molecule has 1 aliphatic heterocycles. The van der Waals surface area contributed by atoms with Crippen molar-refractivity contribution in [3.05, 3.63) is 0 Å². The van der Waals surface area contributed by atoms with Gasteiger partial charge in [-0.3, -0.25) is 38.8 Å². The average Bonchev–Trinajstić information content (AvgIpc) is 3.16. The van der Waals surface area contributed by atoms with Crippen molar-refractivity contribution in [2.45, 2.75) is 133 Å².